The normalized spacial score (nSPS) is 16.2. The van der Waals surface area contributed by atoms with Crippen LogP contribution in [0.2, 0.25) is 5.02 Å². The molecule has 30 heavy (non-hydrogen) atoms. The highest BCUT2D eigenvalue weighted by Crippen LogP contribution is 2.30. The predicted molar refractivity (Wildman–Crippen MR) is 114 cm³/mol. The fourth-order valence-corrected chi connectivity index (χ4v) is 3.96. The maximum atomic E-state index is 12.6. The van der Waals surface area contributed by atoms with E-state index >= 15 is 0 Å². The second-order valence-electron chi connectivity index (χ2n) is 7.59. The molecule has 2 heterocycles. The molecular formula is C23H25ClN2O4. The second-order valence-corrected chi connectivity index (χ2v) is 8.03. The summed E-state index contributed by atoms with van der Waals surface area (Å²) in [6, 6.07) is 12.8. The first kappa shape index (κ1) is 20.5. The average molecular weight is 429 g/mol. The van der Waals surface area contributed by atoms with Gasteiger partial charge in [-0.1, -0.05) is 17.7 Å². The van der Waals surface area contributed by atoms with E-state index in [1.807, 2.05) is 23.1 Å². The molecule has 0 unspecified atom stereocenters. The molecule has 0 radical (unpaired) electrons. The van der Waals surface area contributed by atoms with Crippen LogP contribution >= 0.6 is 11.6 Å². The Morgan fingerprint density at radius 3 is 2.43 bits per heavy atom. The molecule has 0 atom stereocenters. The molecular weight excluding hydrogens is 404 g/mol. The smallest absolute Gasteiger partial charge is 0.253 e. The van der Waals surface area contributed by atoms with Crippen LogP contribution in [0.25, 0.3) is 0 Å². The Bertz CT molecular complexity index is 908. The molecule has 2 aliphatic rings. The molecule has 2 amide bonds. The van der Waals surface area contributed by atoms with Gasteiger partial charge >= 0.3 is 0 Å². The highest BCUT2D eigenvalue weighted by molar-refractivity contribution is 6.30. The van der Waals surface area contributed by atoms with Crippen molar-refractivity contribution in [1.82, 2.24) is 10.2 Å². The van der Waals surface area contributed by atoms with Gasteiger partial charge in [0.05, 0.1) is 0 Å². The van der Waals surface area contributed by atoms with Crippen molar-refractivity contribution in [2.24, 2.45) is 5.92 Å². The fraction of sp³-hybridized carbons (Fsp3) is 0.391. The Morgan fingerprint density at radius 2 is 1.70 bits per heavy atom. The summed E-state index contributed by atoms with van der Waals surface area (Å²) in [4.78, 5) is 26.9. The standard InChI is InChI=1S/C23H25ClN2O4/c24-19-4-2-18(3-5-19)23(28)26-11-8-17(9-12-26)22(27)25-10-7-16-1-6-20-21(15-16)30-14-13-29-20/h1-6,15,17H,7-14H2,(H,25,27). The van der Waals surface area contributed by atoms with Gasteiger partial charge in [0.1, 0.15) is 13.2 Å². The van der Waals surface area contributed by atoms with Crippen molar-refractivity contribution in [1.29, 1.82) is 0 Å². The summed E-state index contributed by atoms with van der Waals surface area (Å²) in [7, 11) is 0. The van der Waals surface area contributed by atoms with Crippen LogP contribution in [0.1, 0.15) is 28.8 Å². The number of nitrogens with zero attached hydrogens (tertiary/aromatic N) is 1. The Balaban J connectivity index is 1.22. The number of fused-ring (bicyclic) bond motifs is 1. The lowest BCUT2D eigenvalue weighted by atomic mass is 9.95. The molecule has 0 bridgehead atoms. The topological polar surface area (TPSA) is 67.9 Å². The average Bonchev–Trinajstić information content (AvgIpc) is 2.79. The van der Waals surface area contributed by atoms with Crippen LogP contribution < -0.4 is 14.8 Å². The molecule has 6 nitrogen and oxygen atoms in total. The number of hydrogen-bond donors (Lipinski definition) is 1. The van der Waals surface area contributed by atoms with Crippen LogP contribution in [0.3, 0.4) is 0 Å². The van der Waals surface area contributed by atoms with Crippen molar-refractivity contribution in [2.75, 3.05) is 32.8 Å². The quantitative estimate of drug-likeness (QED) is 0.793. The third-order valence-corrected chi connectivity index (χ3v) is 5.82. The minimum atomic E-state index is -0.0560. The molecule has 0 aliphatic carbocycles. The molecule has 0 aromatic heterocycles. The van der Waals surface area contributed by atoms with Crippen LogP contribution in [-0.4, -0.2) is 49.6 Å². The van der Waals surface area contributed by atoms with E-state index in [0.717, 1.165) is 23.5 Å². The molecule has 1 saturated heterocycles. The van der Waals surface area contributed by atoms with E-state index in [1.165, 1.54) is 0 Å². The summed E-state index contributed by atoms with van der Waals surface area (Å²) >= 11 is 5.89. The molecule has 158 valence electrons. The molecule has 4 rings (SSSR count). The number of carbonyl (C=O) groups excluding carboxylic acids is 2. The van der Waals surface area contributed by atoms with Crippen molar-refractivity contribution >= 4 is 23.4 Å². The number of hydrogen-bond acceptors (Lipinski definition) is 4. The SMILES string of the molecule is O=C(NCCc1ccc2c(c1)OCCO2)C1CCN(C(=O)c2ccc(Cl)cc2)CC1. The van der Waals surface area contributed by atoms with Crippen molar-refractivity contribution in [3.05, 3.63) is 58.6 Å². The van der Waals surface area contributed by atoms with Gasteiger partial charge in [0, 0.05) is 36.1 Å². The summed E-state index contributed by atoms with van der Waals surface area (Å²) in [6.07, 6.45) is 2.08. The van der Waals surface area contributed by atoms with Crippen LogP contribution in [0.5, 0.6) is 11.5 Å². The van der Waals surface area contributed by atoms with Crippen molar-refractivity contribution in [3.8, 4) is 11.5 Å². The summed E-state index contributed by atoms with van der Waals surface area (Å²) in [5.74, 6) is 1.53. The molecule has 0 saturated carbocycles. The first-order valence-electron chi connectivity index (χ1n) is 10.3. The largest absolute Gasteiger partial charge is 0.486 e. The summed E-state index contributed by atoms with van der Waals surface area (Å²) < 4.78 is 11.1. The van der Waals surface area contributed by atoms with Gasteiger partial charge in [-0.2, -0.15) is 0 Å². The zero-order valence-electron chi connectivity index (χ0n) is 16.7. The van der Waals surface area contributed by atoms with Gasteiger partial charge in [-0.15, -0.1) is 0 Å². The molecule has 2 aromatic carbocycles. The highest BCUT2D eigenvalue weighted by Gasteiger charge is 2.27. The Labute approximate surface area is 181 Å². The van der Waals surface area contributed by atoms with Crippen LogP contribution in [0.15, 0.2) is 42.5 Å². The van der Waals surface area contributed by atoms with Gasteiger partial charge in [-0.3, -0.25) is 9.59 Å². The zero-order chi connectivity index (χ0) is 20.9. The number of benzene rings is 2. The van der Waals surface area contributed by atoms with E-state index in [1.54, 1.807) is 24.3 Å². The number of rotatable bonds is 5. The molecule has 2 aliphatic heterocycles. The van der Waals surface area contributed by atoms with E-state index in [0.29, 0.717) is 56.3 Å². The number of carbonyl (C=O) groups is 2. The van der Waals surface area contributed by atoms with Gasteiger partial charge in [0.2, 0.25) is 5.91 Å². The van der Waals surface area contributed by atoms with E-state index in [2.05, 4.69) is 5.32 Å². The van der Waals surface area contributed by atoms with E-state index in [9.17, 15) is 9.59 Å². The first-order valence-corrected chi connectivity index (χ1v) is 10.7. The lowest BCUT2D eigenvalue weighted by Gasteiger charge is -2.31. The first-order chi connectivity index (χ1) is 14.6. The van der Waals surface area contributed by atoms with Gasteiger partial charge < -0.3 is 19.7 Å². The van der Waals surface area contributed by atoms with Crippen LogP contribution in [0, 0.1) is 5.92 Å². The Hall–Kier alpha value is -2.73. The minimum Gasteiger partial charge on any atom is -0.486 e. The number of likely N-dealkylation sites (tertiary alicyclic amines) is 1. The van der Waals surface area contributed by atoms with E-state index in [-0.39, 0.29) is 17.7 Å². The molecule has 0 spiro atoms. The van der Waals surface area contributed by atoms with Crippen molar-refractivity contribution in [2.45, 2.75) is 19.3 Å². The number of ether oxygens (including phenoxy) is 2. The maximum Gasteiger partial charge on any atom is 0.253 e. The van der Waals surface area contributed by atoms with Crippen molar-refractivity contribution in [3.63, 3.8) is 0 Å². The molecule has 1 fully saturated rings. The molecule has 7 heteroatoms. The van der Waals surface area contributed by atoms with Gasteiger partial charge in [-0.05, 0) is 61.2 Å². The van der Waals surface area contributed by atoms with Gasteiger partial charge in [0.15, 0.2) is 11.5 Å². The third kappa shape index (κ3) is 4.87. The zero-order valence-corrected chi connectivity index (χ0v) is 17.5. The predicted octanol–water partition coefficient (Wildman–Crippen LogP) is 3.32. The van der Waals surface area contributed by atoms with Crippen molar-refractivity contribution < 1.29 is 19.1 Å². The van der Waals surface area contributed by atoms with Gasteiger partial charge in [-0.25, -0.2) is 0 Å². The van der Waals surface area contributed by atoms with Gasteiger partial charge in [0.25, 0.3) is 5.91 Å². The lowest BCUT2D eigenvalue weighted by molar-refractivity contribution is -0.126. The summed E-state index contributed by atoms with van der Waals surface area (Å²) in [5.41, 5.74) is 1.73. The lowest BCUT2D eigenvalue weighted by Crippen LogP contribution is -2.43. The maximum absolute atomic E-state index is 12.6. The second kappa shape index (κ2) is 9.39. The number of amides is 2. The molecule has 2 aromatic rings. The fourth-order valence-electron chi connectivity index (χ4n) is 3.84. The summed E-state index contributed by atoms with van der Waals surface area (Å²) in [5, 5.41) is 3.64. The van der Waals surface area contributed by atoms with E-state index in [4.69, 9.17) is 21.1 Å². The number of halogens is 1. The van der Waals surface area contributed by atoms with Crippen LogP contribution in [0.4, 0.5) is 0 Å². The monoisotopic (exact) mass is 428 g/mol. The highest BCUT2D eigenvalue weighted by atomic mass is 35.5. The Morgan fingerprint density at radius 1 is 1.00 bits per heavy atom. The minimum absolute atomic E-state index is 0.0101. The summed E-state index contributed by atoms with van der Waals surface area (Å²) in [6.45, 7) is 2.88. The third-order valence-electron chi connectivity index (χ3n) is 5.56. The number of nitrogens with one attached hydrogen (secondary N) is 1. The molecule has 1 N–H and O–H groups in total. The van der Waals surface area contributed by atoms with Crippen LogP contribution in [-0.2, 0) is 11.2 Å². The Kier molecular flexibility index (Phi) is 6.43. The number of piperidine rings is 1. The van der Waals surface area contributed by atoms with E-state index < -0.39 is 0 Å².